The summed E-state index contributed by atoms with van der Waals surface area (Å²) in [5.74, 6) is -0.379. The van der Waals surface area contributed by atoms with Crippen LogP contribution in [-0.4, -0.2) is 42.2 Å². The molecule has 2 aromatic rings. The second-order valence-corrected chi connectivity index (χ2v) is 7.20. The molecule has 1 aliphatic rings. The lowest BCUT2D eigenvalue weighted by Gasteiger charge is -2.43. The maximum atomic E-state index is 13.0. The summed E-state index contributed by atoms with van der Waals surface area (Å²) < 4.78 is 10.7. The second kappa shape index (κ2) is 9.28. The van der Waals surface area contributed by atoms with Crippen LogP contribution in [-0.2, 0) is 19.8 Å². The van der Waals surface area contributed by atoms with Crippen LogP contribution in [0.1, 0.15) is 41.6 Å². The molecular formula is C21H23ClN2O4. The van der Waals surface area contributed by atoms with Crippen LogP contribution in [0.5, 0.6) is 0 Å². The quantitative estimate of drug-likeness (QED) is 0.398. The van der Waals surface area contributed by atoms with E-state index in [1.54, 1.807) is 24.4 Å². The zero-order chi connectivity index (χ0) is 20.0. The number of aromatic nitrogens is 1. The minimum atomic E-state index is -0.829. The summed E-state index contributed by atoms with van der Waals surface area (Å²) in [6.07, 6.45) is 6.00. The van der Waals surface area contributed by atoms with Crippen molar-refractivity contribution < 1.29 is 19.1 Å². The Morgan fingerprint density at radius 3 is 2.79 bits per heavy atom. The number of carbonyl (C=O) groups excluding carboxylic acids is 2. The summed E-state index contributed by atoms with van der Waals surface area (Å²) in [5.41, 5.74) is 0.318. The monoisotopic (exact) mass is 402 g/mol. The summed E-state index contributed by atoms with van der Waals surface area (Å²) in [5, 5.41) is 0.563. The predicted molar refractivity (Wildman–Crippen MR) is 105 cm³/mol. The van der Waals surface area contributed by atoms with Crippen molar-refractivity contribution in [2.24, 2.45) is 0 Å². The molecule has 0 radical (unpaired) electrons. The standard InChI is InChI=1S/C21H23ClN2O4/c1-24(14-27-15-28-20(26)16-7-6-12-23-13-16)21(11-5-4-10-19(21)25)17-8-2-3-9-18(17)22/h2-3,6-9,12-13H,4-5,10-11,14-15H2,1H3. The van der Waals surface area contributed by atoms with Gasteiger partial charge in [0.2, 0.25) is 0 Å². The lowest BCUT2D eigenvalue weighted by molar-refractivity contribution is -0.143. The number of nitrogens with zero attached hydrogens (tertiary/aromatic N) is 2. The molecule has 1 aliphatic carbocycles. The number of hydrogen-bond acceptors (Lipinski definition) is 6. The first-order chi connectivity index (χ1) is 13.6. The Balaban J connectivity index is 1.66. The third-order valence-corrected chi connectivity index (χ3v) is 5.41. The molecule has 148 valence electrons. The topological polar surface area (TPSA) is 68.7 Å². The van der Waals surface area contributed by atoms with E-state index in [9.17, 15) is 9.59 Å². The fourth-order valence-corrected chi connectivity index (χ4v) is 3.94. The van der Waals surface area contributed by atoms with Gasteiger partial charge in [0.1, 0.15) is 12.3 Å². The number of pyridine rings is 1. The van der Waals surface area contributed by atoms with Crippen molar-refractivity contribution in [3.05, 3.63) is 64.9 Å². The van der Waals surface area contributed by atoms with Gasteiger partial charge in [0.15, 0.2) is 12.6 Å². The van der Waals surface area contributed by atoms with Crippen molar-refractivity contribution in [1.29, 1.82) is 0 Å². The third kappa shape index (κ3) is 4.24. The average Bonchev–Trinajstić information content (AvgIpc) is 2.72. The van der Waals surface area contributed by atoms with Gasteiger partial charge in [-0.1, -0.05) is 36.2 Å². The molecule has 0 bridgehead atoms. The van der Waals surface area contributed by atoms with Gasteiger partial charge in [-0.05, 0) is 43.7 Å². The van der Waals surface area contributed by atoms with Crippen LogP contribution in [0.2, 0.25) is 5.02 Å². The van der Waals surface area contributed by atoms with Crippen LogP contribution in [0.3, 0.4) is 0 Å². The van der Waals surface area contributed by atoms with Crippen LogP contribution in [0.15, 0.2) is 48.8 Å². The van der Waals surface area contributed by atoms with Crippen LogP contribution in [0, 0.1) is 0 Å². The normalized spacial score (nSPS) is 19.6. The Morgan fingerprint density at radius 2 is 2.07 bits per heavy atom. The largest absolute Gasteiger partial charge is 0.435 e. The van der Waals surface area contributed by atoms with E-state index < -0.39 is 11.5 Å². The van der Waals surface area contributed by atoms with E-state index in [1.807, 2.05) is 30.1 Å². The SMILES string of the molecule is CN(COCOC(=O)c1cccnc1)C1(c2ccccc2Cl)CCCCC1=O. The van der Waals surface area contributed by atoms with Crippen molar-refractivity contribution >= 4 is 23.4 Å². The summed E-state index contributed by atoms with van der Waals surface area (Å²) >= 11 is 6.43. The number of likely N-dealkylation sites (N-methyl/N-ethyl adjacent to an activating group) is 1. The van der Waals surface area contributed by atoms with Gasteiger partial charge in [-0.15, -0.1) is 0 Å². The summed E-state index contributed by atoms with van der Waals surface area (Å²) in [4.78, 5) is 30.7. The fraction of sp³-hybridized carbons (Fsp3) is 0.381. The van der Waals surface area contributed by atoms with E-state index in [1.165, 1.54) is 6.20 Å². The van der Waals surface area contributed by atoms with E-state index in [4.69, 9.17) is 21.1 Å². The average molecular weight is 403 g/mol. The van der Waals surface area contributed by atoms with E-state index in [0.29, 0.717) is 23.4 Å². The van der Waals surface area contributed by atoms with Crippen LogP contribution >= 0.6 is 11.6 Å². The molecule has 28 heavy (non-hydrogen) atoms. The molecule has 1 heterocycles. The highest BCUT2D eigenvalue weighted by molar-refractivity contribution is 6.31. The first-order valence-electron chi connectivity index (χ1n) is 9.20. The molecule has 7 heteroatoms. The van der Waals surface area contributed by atoms with Crippen molar-refractivity contribution in [1.82, 2.24) is 9.88 Å². The van der Waals surface area contributed by atoms with Crippen molar-refractivity contribution in [3.63, 3.8) is 0 Å². The van der Waals surface area contributed by atoms with E-state index >= 15 is 0 Å². The third-order valence-electron chi connectivity index (χ3n) is 5.08. The molecule has 6 nitrogen and oxygen atoms in total. The molecule has 1 aromatic carbocycles. The van der Waals surface area contributed by atoms with Gasteiger partial charge in [-0.3, -0.25) is 14.7 Å². The van der Waals surface area contributed by atoms with Crippen molar-refractivity contribution in [2.75, 3.05) is 20.6 Å². The van der Waals surface area contributed by atoms with Gasteiger partial charge in [0.25, 0.3) is 0 Å². The molecule has 1 aromatic heterocycles. The smallest absolute Gasteiger partial charge is 0.341 e. The number of Topliss-reactive ketones (excluding diaryl/α,β-unsaturated/α-hetero) is 1. The highest BCUT2D eigenvalue weighted by Gasteiger charge is 2.46. The first kappa shape index (κ1) is 20.5. The highest BCUT2D eigenvalue weighted by Crippen LogP contribution is 2.42. The number of halogens is 1. The lowest BCUT2D eigenvalue weighted by Crippen LogP contribution is -2.52. The number of ketones is 1. The van der Waals surface area contributed by atoms with Crippen molar-refractivity contribution in [3.8, 4) is 0 Å². The van der Waals surface area contributed by atoms with Crippen molar-refractivity contribution in [2.45, 2.75) is 31.2 Å². The summed E-state index contributed by atoms with van der Waals surface area (Å²) in [7, 11) is 1.83. The lowest BCUT2D eigenvalue weighted by atomic mass is 9.74. The van der Waals surface area contributed by atoms with Gasteiger partial charge in [-0.25, -0.2) is 4.79 Å². The summed E-state index contributed by atoms with van der Waals surface area (Å²) in [6.45, 7) is -0.0951. The Hall–Kier alpha value is -2.28. The zero-order valence-corrected chi connectivity index (χ0v) is 16.5. The Bertz CT molecular complexity index is 830. The number of rotatable bonds is 7. The maximum Gasteiger partial charge on any atom is 0.341 e. The van der Waals surface area contributed by atoms with Crippen LogP contribution in [0.4, 0.5) is 0 Å². The highest BCUT2D eigenvalue weighted by atomic mass is 35.5. The van der Waals surface area contributed by atoms with Gasteiger partial charge in [0, 0.05) is 23.8 Å². The van der Waals surface area contributed by atoms with E-state index in [0.717, 1.165) is 18.4 Å². The number of hydrogen-bond donors (Lipinski definition) is 0. The minimum Gasteiger partial charge on any atom is -0.435 e. The predicted octanol–water partition coefficient (Wildman–Crippen LogP) is 3.79. The van der Waals surface area contributed by atoms with Gasteiger partial charge in [0.05, 0.1) is 5.56 Å². The first-order valence-corrected chi connectivity index (χ1v) is 9.58. The second-order valence-electron chi connectivity index (χ2n) is 6.79. The molecule has 0 aliphatic heterocycles. The van der Waals surface area contributed by atoms with Crippen LogP contribution < -0.4 is 0 Å². The number of carbonyl (C=O) groups is 2. The fourth-order valence-electron chi connectivity index (χ4n) is 3.65. The number of ether oxygens (including phenoxy) is 2. The number of esters is 1. The molecular weight excluding hydrogens is 380 g/mol. The molecule has 1 fully saturated rings. The maximum absolute atomic E-state index is 13.0. The minimum absolute atomic E-state index is 0.122. The molecule has 1 unspecified atom stereocenters. The van der Waals surface area contributed by atoms with Crippen LogP contribution in [0.25, 0.3) is 0 Å². The summed E-state index contributed by atoms with van der Waals surface area (Å²) in [6, 6.07) is 10.7. The molecule has 1 saturated carbocycles. The van der Waals surface area contributed by atoms with Gasteiger partial charge < -0.3 is 9.47 Å². The van der Waals surface area contributed by atoms with Gasteiger partial charge in [-0.2, -0.15) is 0 Å². The molecule has 0 amide bonds. The molecule has 0 spiro atoms. The molecule has 1 atom stereocenters. The van der Waals surface area contributed by atoms with E-state index in [-0.39, 0.29) is 19.3 Å². The molecule has 0 saturated heterocycles. The van der Waals surface area contributed by atoms with E-state index in [2.05, 4.69) is 4.98 Å². The number of benzene rings is 1. The Labute approximate surface area is 169 Å². The molecule has 3 rings (SSSR count). The van der Waals surface area contributed by atoms with Gasteiger partial charge >= 0.3 is 5.97 Å². The Kier molecular flexibility index (Phi) is 6.78. The zero-order valence-electron chi connectivity index (χ0n) is 15.8. The molecule has 0 N–H and O–H groups in total. The Morgan fingerprint density at radius 1 is 1.25 bits per heavy atom.